The highest BCUT2D eigenvalue weighted by molar-refractivity contribution is 7.98. The molecule has 0 fully saturated rings. The van der Waals surface area contributed by atoms with Crippen molar-refractivity contribution in [3.63, 3.8) is 0 Å². The van der Waals surface area contributed by atoms with Gasteiger partial charge in [-0.1, -0.05) is 0 Å². The van der Waals surface area contributed by atoms with E-state index >= 15 is 0 Å². The maximum atomic E-state index is 11.9. The first-order valence-electron chi connectivity index (χ1n) is 2.79. The second-order valence-corrected chi connectivity index (χ2v) is 2.92. The molecule has 0 heterocycles. The van der Waals surface area contributed by atoms with Crippen LogP contribution >= 0.6 is 11.8 Å². The zero-order valence-corrected chi connectivity index (χ0v) is 6.72. The van der Waals surface area contributed by atoms with Gasteiger partial charge in [-0.05, 0) is 6.26 Å². The predicted octanol–water partition coefficient (Wildman–Crippen LogP) is 1.46. The highest BCUT2D eigenvalue weighted by Crippen LogP contribution is 2.28. The average Bonchev–Trinajstić information content (AvgIpc) is 1.79. The third-order valence-corrected chi connectivity index (χ3v) is 1.77. The first kappa shape index (κ1) is 10.6. The molecule has 0 aromatic carbocycles. The van der Waals surface area contributed by atoms with Gasteiger partial charge in [0.25, 0.3) is 0 Å². The van der Waals surface area contributed by atoms with E-state index in [9.17, 15) is 13.2 Å². The first-order chi connectivity index (χ1) is 4.89. The van der Waals surface area contributed by atoms with E-state index in [1.165, 1.54) is 0 Å². The van der Waals surface area contributed by atoms with Gasteiger partial charge in [0, 0.05) is 5.75 Å². The molecule has 2 nitrogen and oxygen atoms in total. The molecule has 0 radical (unpaired) electrons. The Labute approximate surface area is 66.8 Å². The summed E-state index contributed by atoms with van der Waals surface area (Å²) in [7, 11) is 0. The van der Waals surface area contributed by atoms with Crippen LogP contribution in [-0.4, -0.2) is 24.0 Å². The van der Waals surface area contributed by atoms with Gasteiger partial charge in [0.2, 0.25) is 0 Å². The van der Waals surface area contributed by atoms with Gasteiger partial charge in [-0.2, -0.15) is 24.9 Å². The maximum Gasteiger partial charge on any atom is 0.399 e. The van der Waals surface area contributed by atoms with Gasteiger partial charge < -0.3 is 5.73 Å². The Morgan fingerprint density at radius 1 is 1.64 bits per heavy atom. The number of amidine groups is 1. The molecule has 0 aliphatic heterocycles. The number of rotatable bonds is 3. The van der Waals surface area contributed by atoms with Crippen LogP contribution in [0, 0.1) is 11.3 Å². The lowest BCUT2D eigenvalue weighted by Gasteiger charge is -2.17. The van der Waals surface area contributed by atoms with Gasteiger partial charge in [0.05, 0.1) is 0 Å². The molecule has 66 valence electrons. The summed E-state index contributed by atoms with van der Waals surface area (Å²) < 4.78 is 35.8. The second-order valence-electron chi connectivity index (χ2n) is 2.00. The predicted molar refractivity (Wildman–Crippen MR) is 39.8 cm³/mol. The molecule has 0 aromatic heterocycles. The number of hydrogen-bond acceptors (Lipinski definition) is 2. The number of halogens is 3. The summed E-state index contributed by atoms with van der Waals surface area (Å²) in [5.41, 5.74) is 4.76. The van der Waals surface area contributed by atoms with Gasteiger partial charge in [0.15, 0.2) is 0 Å². The molecule has 0 saturated heterocycles. The molecule has 0 spiro atoms. The Morgan fingerprint density at radius 3 is 2.18 bits per heavy atom. The van der Waals surface area contributed by atoms with Gasteiger partial charge in [-0.15, -0.1) is 0 Å². The van der Waals surface area contributed by atoms with E-state index in [2.05, 4.69) is 0 Å². The first-order valence-corrected chi connectivity index (χ1v) is 4.18. The van der Waals surface area contributed by atoms with E-state index in [-0.39, 0.29) is 5.75 Å². The molecule has 0 saturated carbocycles. The molecule has 1 atom stereocenters. The number of nitrogens with two attached hydrogens (primary N) is 1. The lowest BCUT2D eigenvalue weighted by atomic mass is 10.1. The minimum atomic E-state index is -4.38. The third kappa shape index (κ3) is 3.50. The van der Waals surface area contributed by atoms with Crippen LogP contribution in [-0.2, 0) is 0 Å². The summed E-state index contributed by atoms with van der Waals surface area (Å²) in [4.78, 5) is 0. The number of hydrogen-bond donors (Lipinski definition) is 2. The average molecular weight is 186 g/mol. The minimum absolute atomic E-state index is 0.182. The summed E-state index contributed by atoms with van der Waals surface area (Å²) in [5.74, 6) is -2.79. The van der Waals surface area contributed by atoms with Crippen LogP contribution in [0.3, 0.4) is 0 Å². The van der Waals surface area contributed by atoms with Gasteiger partial charge >= 0.3 is 6.18 Å². The Hall–Kier alpha value is -0.390. The fourth-order valence-electron chi connectivity index (χ4n) is 0.527. The van der Waals surface area contributed by atoms with Crippen molar-refractivity contribution < 1.29 is 13.2 Å². The topological polar surface area (TPSA) is 49.9 Å². The Bertz CT molecular complexity index is 145. The zero-order chi connectivity index (χ0) is 9.07. The lowest BCUT2D eigenvalue weighted by molar-refractivity contribution is -0.149. The molecular formula is C5H9F3N2S. The fourth-order valence-corrected chi connectivity index (χ4v) is 1.23. The normalized spacial score (nSPS) is 14.5. The van der Waals surface area contributed by atoms with Crippen LogP contribution in [0.1, 0.15) is 0 Å². The van der Waals surface area contributed by atoms with Crippen molar-refractivity contribution in [2.75, 3.05) is 12.0 Å². The SMILES string of the molecule is CSCC(C(=N)N)C(F)(F)F. The molecule has 6 heteroatoms. The third-order valence-electron chi connectivity index (χ3n) is 1.10. The van der Waals surface area contributed by atoms with E-state index in [0.29, 0.717) is 0 Å². The zero-order valence-electron chi connectivity index (χ0n) is 5.90. The highest BCUT2D eigenvalue weighted by atomic mass is 32.2. The summed E-state index contributed by atoms with van der Waals surface area (Å²) in [6, 6.07) is 0. The van der Waals surface area contributed by atoms with Crippen molar-refractivity contribution in [1.82, 2.24) is 0 Å². The molecule has 0 aromatic rings. The van der Waals surface area contributed by atoms with Crippen molar-refractivity contribution in [2.24, 2.45) is 11.7 Å². The summed E-state index contributed by atoms with van der Waals surface area (Å²) in [6.45, 7) is 0. The van der Waals surface area contributed by atoms with Crippen LogP contribution in [0.15, 0.2) is 0 Å². The van der Waals surface area contributed by atoms with Crippen LogP contribution in [0.4, 0.5) is 13.2 Å². The second kappa shape index (κ2) is 3.85. The molecule has 0 rings (SSSR count). The molecule has 0 amide bonds. The lowest BCUT2D eigenvalue weighted by Crippen LogP contribution is -2.36. The van der Waals surface area contributed by atoms with E-state index in [1.54, 1.807) is 6.26 Å². The van der Waals surface area contributed by atoms with Crippen molar-refractivity contribution in [3.8, 4) is 0 Å². The molecule has 0 bridgehead atoms. The summed E-state index contributed by atoms with van der Waals surface area (Å²) in [6.07, 6.45) is -2.84. The van der Waals surface area contributed by atoms with E-state index in [1.807, 2.05) is 0 Å². The number of nitrogens with one attached hydrogen (secondary N) is 1. The fraction of sp³-hybridized carbons (Fsp3) is 0.800. The van der Waals surface area contributed by atoms with Crippen molar-refractivity contribution in [2.45, 2.75) is 6.18 Å². The van der Waals surface area contributed by atoms with Gasteiger partial charge in [-0.25, -0.2) is 0 Å². The smallest absolute Gasteiger partial charge is 0.387 e. The molecule has 11 heavy (non-hydrogen) atoms. The maximum absolute atomic E-state index is 11.9. The number of alkyl halides is 3. The minimum Gasteiger partial charge on any atom is -0.387 e. The monoisotopic (exact) mass is 186 g/mol. The Morgan fingerprint density at radius 2 is 2.09 bits per heavy atom. The van der Waals surface area contributed by atoms with Gasteiger partial charge in [0.1, 0.15) is 11.8 Å². The molecule has 0 aliphatic rings. The van der Waals surface area contributed by atoms with E-state index in [4.69, 9.17) is 11.1 Å². The Balaban J connectivity index is 4.22. The summed E-state index contributed by atoms with van der Waals surface area (Å²) >= 11 is 1.02. The standard InChI is InChI=1S/C5H9F3N2S/c1-11-2-3(4(9)10)5(6,7)8/h3H,2H2,1H3,(H3,9,10). The van der Waals surface area contributed by atoms with Crippen LogP contribution in [0.25, 0.3) is 0 Å². The Kier molecular flexibility index (Phi) is 3.71. The van der Waals surface area contributed by atoms with Crippen molar-refractivity contribution in [1.29, 1.82) is 5.41 Å². The van der Waals surface area contributed by atoms with E-state index in [0.717, 1.165) is 11.8 Å². The van der Waals surface area contributed by atoms with Crippen LogP contribution in [0.5, 0.6) is 0 Å². The van der Waals surface area contributed by atoms with Crippen LogP contribution < -0.4 is 5.73 Å². The van der Waals surface area contributed by atoms with E-state index < -0.39 is 17.9 Å². The molecular weight excluding hydrogens is 177 g/mol. The van der Waals surface area contributed by atoms with Gasteiger partial charge in [-0.3, -0.25) is 5.41 Å². The van der Waals surface area contributed by atoms with Crippen LogP contribution in [0.2, 0.25) is 0 Å². The largest absolute Gasteiger partial charge is 0.399 e. The highest BCUT2D eigenvalue weighted by Gasteiger charge is 2.41. The number of thioether (sulfide) groups is 1. The summed E-state index contributed by atoms with van der Waals surface area (Å²) in [5, 5.41) is 6.65. The van der Waals surface area contributed by atoms with Crippen molar-refractivity contribution in [3.05, 3.63) is 0 Å². The molecule has 1 unspecified atom stereocenters. The quantitative estimate of drug-likeness (QED) is 0.518. The molecule has 3 N–H and O–H groups in total. The molecule has 0 aliphatic carbocycles. The van der Waals surface area contributed by atoms with Crippen molar-refractivity contribution >= 4 is 17.6 Å².